The number of hydrogen-bond acceptors (Lipinski definition) is 9. The first-order valence-corrected chi connectivity index (χ1v) is 15.4. The van der Waals surface area contributed by atoms with Crippen molar-refractivity contribution in [2.45, 2.75) is 37.9 Å². The molecule has 1 aromatic heterocycles. The minimum absolute atomic E-state index is 0.0831. The van der Waals surface area contributed by atoms with Gasteiger partial charge in [-0.25, -0.2) is 8.86 Å². The molecule has 0 fully saturated rings. The van der Waals surface area contributed by atoms with Crippen LogP contribution in [0.3, 0.4) is 0 Å². The second-order valence-electron chi connectivity index (χ2n) is 7.84. The highest BCUT2D eigenvalue weighted by Gasteiger charge is 2.41. The van der Waals surface area contributed by atoms with Crippen LogP contribution in [0.1, 0.15) is 36.6 Å². The molecular formula is C22H25N2O9S4+. The highest BCUT2D eigenvalue weighted by Crippen LogP contribution is 2.49. The smallest absolute Gasteiger partial charge is 0.497 e. The van der Waals surface area contributed by atoms with Gasteiger partial charge in [0.15, 0.2) is 0 Å². The zero-order chi connectivity index (χ0) is 27.1. The second-order valence-corrected chi connectivity index (χ2v) is 12.5. The first-order valence-electron chi connectivity index (χ1n) is 10.9. The van der Waals surface area contributed by atoms with E-state index in [2.05, 4.69) is 0 Å². The summed E-state index contributed by atoms with van der Waals surface area (Å²) in [7, 11) is -6.58. The Hall–Kier alpha value is -2.40. The number of thioether (sulfide) groups is 1. The fourth-order valence-corrected chi connectivity index (χ4v) is 8.08. The van der Waals surface area contributed by atoms with Crippen molar-refractivity contribution in [2.75, 3.05) is 18.5 Å². The second kappa shape index (κ2) is 10.4. The van der Waals surface area contributed by atoms with Crippen molar-refractivity contribution in [3.8, 4) is 11.6 Å². The zero-order valence-corrected chi connectivity index (χ0v) is 23.5. The number of anilines is 1. The largest absolute Gasteiger partial charge is 0.515 e. The number of ether oxygens (including phenoxy) is 3. The topological polar surface area (TPSA) is 144 Å². The van der Waals surface area contributed by atoms with Crippen LogP contribution in [-0.2, 0) is 25.3 Å². The highest BCUT2D eigenvalue weighted by atomic mass is 32.2. The molecule has 0 bridgehead atoms. The van der Waals surface area contributed by atoms with E-state index < -0.39 is 26.9 Å². The Morgan fingerprint density at radius 3 is 2.51 bits per heavy atom. The molecule has 37 heavy (non-hydrogen) atoms. The Labute approximate surface area is 223 Å². The zero-order valence-electron chi connectivity index (χ0n) is 20.2. The molecule has 1 atom stereocenters. The fourth-order valence-electron chi connectivity index (χ4n) is 3.81. The van der Waals surface area contributed by atoms with Crippen LogP contribution in [0.25, 0.3) is 12.2 Å². The lowest BCUT2D eigenvalue weighted by atomic mass is 10.1. The average Bonchev–Trinajstić information content (AvgIpc) is 3.38. The van der Waals surface area contributed by atoms with Gasteiger partial charge in [-0.2, -0.15) is 8.42 Å². The molecule has 0 saturated heterocycles. The van der Waals surface area contributed by atoms with Gasteiger partial charge in [-0.1, -0.05) is 36.9 Å². The van der Waals surface area contributed by atoms with E-state index in [-0.39, 0.29) is 21.6 Å². The molecule has 1 unspecified atom stereocenters. The van der Waals surface area contributed by atoms with Crippen molar-refractivity contribution >= 4 is 61.5 Å². The standard InChI is InChI=1S/C22H24N2O9S4/c1-5-13(9-19-23(36(25,26)27)16-12-15(31-3)7-8-17(16)34-19)10-20-24(37(28,29)30)21-18(35-20)11-14(6-2)22(32-4)33-21/h7-12,22H,5-6H2,1-4H3,(H-,25,26,27,28,29,30)/p+1. The van der Waals surface area contributed by atoms with Crippen molar-refractivity contribution in [1.29, 1.82) is 0 Å². The normalized spacial score (nSPS) is 18.9. The van der Waals surface area contributed by atoms with E-state index in [1.807, 2.05) is 6.92 Å². The summed E-state index contributed by atoms with van der Waals surface area (Å²) in [5, 5.41) is 0.313. The van der Waals surface area contributed by atoms with Crippen LogP contribution >= 0.6 is 23.1 Å². The maximum absolute atomic E-state index is 12.3. The molecule has 0 amide bonds. The third kappa shape index (κ3) is 5.43. The number of fused-ring (bicyclic) bond motifs is 2. The predicted octanol–water partition coefficient (Wildman–Crippen LogP) is 3.90. The molecule has 4 rings (SSSR count). The molecule has 2 aliphatic heterocycles. The van der Waals surface area contributed by atoms with Gasteiger partial charge in [-0.3, -0.25) is 4.55 Å². The van der Waals surface area contributed by atoms with Gasteiger partial charge in [0.05, 0.1) is 17.8 Å². The lowest BCUT2D eigenvalue weighted by molar-refractivity contribution is -0.528. The number of benzene rings is 1. The predicted molar refractivity (Wildman–Crippen MR) is 140 cm³/mol. The number of thiazole rings is 1. The minimum Gasteiger partial charge on any atom is -0.497 e. The number of methoxy groups -OCH3 is 2. The number of rotatable bonds is 8. The van der Waals surface area contributed by atoms with Crippen LogP contribution in [0.4, 0.5) is 5.69 Å². The number of hydrogen-bond donors (Lipinski definition) is 2. The quantitative estimate of drug-likeness (QED) is 0.344. The summed E-state index contributed by atoms with van der Waals surface area (Å²) in [5.74, 6) is 0.327. The van der Waals surface area contributed by atoms with Gasteiger partial charge in [0, 0.05) is 24.1 Å². The highest BCUT2D eigenvalue weighted by molar-refractivity contribution is 8.05. The Bertz CT molecular complexity index is 1540. The first kappa shape index (κ1) is 27.6. The molecule has 2 N–H and O–H groups in total. The third-order valence-electron chi connectivity index (χ3n) is 5.56. The van der Waals surface area contributed by atoms with Crippen molar-refractivity contribution in [2.24, 2.45) is 0 Å². The summed E-state index contributed by atoms with van der Waals surface area (Å²) < 4.78 is 87.0. The number of aromatic nitrogens is 1. The van der Waals surface area contributed by atoms with E-state index in [1.165, 1.54) is 32.4 Å². The Morgan fingerprint density at radius 2 is 1.95 bits per heavy atom. The van der Waals surface area contributed by atoms with Crippen molar-refractivity contribution < 1.29 is 44.1 Å². The summed E-state index contributed by atoms with van der Waals surface area (Å²) in [5.41, 5.74) is 1.55. The molecule has 1 aromatic carbocycles. The van der Waals surface area contributed by atoms with E-state index in [0.29, 0.717) is 37.9 Å². The van der Waals surface area contributed by atoms with Crippen LogP contribution in [0.5, 0.6) is 11.6 Å². The average molecular weight is 590 g/mol. The molecule has 11 nitrogen and oxygen atoms in total. The minimum atomic E-state index is -4.77. The number of nitrogens with zero attached hydrogens (tertiary/aromatic N) is 2. The first-order chi connectivity index (χ1) is 17.4. The van der Waals surface area contributed by atoms with Gasteiger partial charge in [0.2, 0.25) is 6.29 Å². The molecule has 3 heterocycles. The molecular weight excluding hydrogens is 565 g/mol. The summed E-state index contributed by atoms with van der Waals surface area (Å²) in [6.07, 6.45) is 4.98. The molecule has 0 aliphatic carbocycles. The monoisotopic (exact) mass is 589 g/mol. The maximum atomic E-state index is 12.3. The lowest BCUT2D eigenvalue weighted by Gasteiger charge is -2.20. The van der Waals surface area contributed by atoms with Gasteiger partial charge >= 0.3 is 26.5 Å². The summed E-state index contributed by atoms with van der Waals surface area (Å²) in [4.78, 5) is 1.06. The fraction of sp³-hybridized carbons (Fsp3) is 0.318. The third-order valence-corrected chi connectivity index (χ3v) is 9.56. The van der Waals surface area contributed by atoms with E-state index >= 15 is 0 Å². The van der Waals surface area contributed by atoms with Crippen molar-refractivity contribution in [1.82, 2.24) is 0 Å². The van der Waals surface area contributed by atoms with Crippen molar-refractivity contribution in [3.63, 3.8) is 0 Å². The van der Waals surface area contributed by atoms with Gasteiger partial charge in [-0.05, 0) is 52.2 Å². The molecule has 0 radical (unpaired) electrons. The molecule has 2 aromatic rings. The van der Waals surface area contributed by atoms with Crippen LogP contribution in [-0.4, -0.2) is 46.5 Å². The molecule has 0 saturated carbocycles. The van der Waals surface area contributed by atoms with Crippen LogP contribution in [0.2, 0.25) is 0 Å². The van der Waals surface area contributed by atoms with E-state index in [9.17, 15) is 25.9 Å². The van der Waals surface area contributed by atoms with Crippen LogP contribution < -0.4 is 17.8 Å². The van der Waals surface area contributed by atoms with Crippen LogP contribution in [0.15, 0.2) is 45.3 Å². The van der Waals surface area contributed by atoms with Crippen LogP contribution in [0, 0.1) is 0 Å². The number of allylic oxidation sites excluding steroid dienone is 2. The van der Waals surface area contributed by atoms with Gasteiger partial charge in [0.25, 0.3) is 5.01 Å². The molecule has 2 aliphatic rings. The van der Waals surface area contributed by atoms with E-state index in [0.717, 1.165) is 33.0 Å². The molecule has 200 valence electrons. The summed E-state index contributed by atoms with van der Waals surface area (Å²) in [6.45, 7) is 3.71. The SMILES string of the molecule is CCC(=Cc1sc2c([n+]1S(=O)(=O)O)OC(OC)C(CC)=C2)C=C1Sc2ccc(OC)cc2N1S(=O)(=O)O. The summed E-state index contributed by atoms with van der Waals surface area (Å²) >= 11 is 2.20. The van der Waals surface area contributed by atoms with Crippen molar-refractivity contribution in [3.05, 3.63) is 50.3 Å². The van der Waals surface area contributed by atoms with Gasteiger partial charge < -0.3 is 14.2 Å². The summed E-state index contributed by atoms with van der Waals surface area (Å²) in [6, 6.07) is 4.84. The van der Waals surface area contributed by atoms with E-state index in [4.69, 9.17) is 14.2 Å². The Kier molecular flexibility index (Phi) is 7.77. The molecule has 0 spiro atoms. The maximum Gasteiger partial charge on any atom is 0.515 e. The van der Waals surface area contributed by atoms with E-state index in [1.54, 1.807) is 25.1 Å². The molecule has 15 heteroatoms. The van der Waals surface area contributed by atoms with Gasteiger partial charge in [-0.15, -0.1) is 8.42 Å². The lowest BCUT2D eigenvalue weighted by Crippen LogP contribution is -2.46. The Balaban J connectivity index is 1.84. The van der Waals surface area contributed by atoms with Gasteiger partial charge in [0.1, 0.15) is 10.6 Å². The Morgan fingerprint density at radius 1 is 1.22 bits per heavy atom.